The van der Waals surface area contributed by atoms with E-state index in [2.05, 4.69) is 17.5 Å². The predicted molar refractivity (Wildman–Crippen MR) is 54.8 cm³/mol. The topological polar surface area (TPSA) is 0 Å². The molecule has 0 atom stereocenters. The Morgan fingerprint density at radius 2 is 1.75 bits per heavy atom. The molecule has 0 aliphatic rings. The lowest BCUT2D eigenvalue weighted by Crippen LogP contribution is -1.71. The number of halogens is 1. The third kappa shape index (κ3) is 1.38. The van der Waals surface area contributed by atoms with Gasteiger partial charge in [-0.25, -0.2) is 0 Å². The molecule has 0 radical (unpaired) electrons. The smallest absolute Gasteiger partial charge is 0.0591 e. The maximum Gasteiger partial charge on any atom is 0.0591 e. The highest BCUT2D eigenvalue weighted by Crippen LogP contribution is 2.30. The van der Waals surface area contributed by atoms with Gasteiger partial charge in [0.15, 0.2) is 0 Å². The first-order chi connectivity index (χ1) is 5.88. The maximum atomic E-state index is 5.98. The Morgan fingerprint density at radius 3 is 2.33 bits per heavy atom. The number of benzene rings is 1. The minimum absolute atomic E-state index is 0.839. The van der Waals surface area contributed by atoms with Gasteiger partial charge in [-0.2, -0.15) is 11.3 Å². The zero-order valence-corrected chi connectivity index (χ0v) is 7.90. The molecule has 2 heteroatoms. The summed E-state index contributed by atoms with van der Waals surface area (Å²) in [6, 6.07) is 10.2. The van der Waals surface area contributed by atoms with Crippen LogP contribution in [0.2, 0.25) is 5.02 Å². The first-order valence-corrected chi connectivity index (χ1v) is 4.97. The van der Waals surface area contributed by atoms with Gasteiger partial charge in [0.05, 0.1) is 5.02 Å². The fourth-order valence-corrected chi connectivity index (χ4v) is 2.20. The van der Waals surface area contributed by atoms with Crippen molar-refractivity contribution in [2.24, 2.45) is 0 Å². The Kier molecular flexibility index (Phi) is 2.15. The Morgan fingerprint density at radius 1 is 1.00 bits per heavy atom. The van der Waals surface area contributed by atoms with E-state index in [0.29, 0.717) is 0 Å². The Hall–Kier alpha value is -0.790. The van der Waals surface area contributed by atoms with Gasteiger partial charge in [0.25, 0.3) is 0 Å². The molecule has 0 saturated heterocycles. The Bertz CT molecular complexity index is 364. The molecule has 1 aromatic carbocycles. The number of thiophene rings is 1. The van der Waals surface area contributed by atoms with Gasteiger partial charge in [-0.15, -0.1) is 0 Å². The summed E-state index contributed by atoms with van der Waals surface area (Å²) in [4.78, 5) is 0. The fourth-order valence-electron chi connectivity index (χ4n) is 1.11. The van der Waals surface area contributed by atoms with E-state index >= 15 is 0 Å². The summed E-state index contributed by atoms with van der Waals surface area (Å²) in [5.41, 5.74) is 2.31. The van der Waals surface area contributed by atoms with Crippen LogP contribution in [-0.2, 0) is 0 Å². The van der Waals surface area contributed by atoms with Gasteiger partial charge in [-0.3, -0.25) is 0 Å². The highest BCUT2D eigenvalue weighted by molar-refractivity contribution is 7.09. The quantitative estimate of drug-likeness (QED) is 0.642. The molecular formula is C10H7ClS. The van der Waals surface area contributed by atoms with Crippen molar-refractivity contribution in [1.29, 1.82) is 0 Å². The van der Waals surface area contributed by atoms with Crippen LogP contribution in [-0.4, -0.2) is 0 Å². The molecule has 0 saturated carbocycles. The van der Waals surface area contributed by atoms with Crippen molar-refractivity contribution in [3.63, 3.8) is 0 Å². The molecule has 0 unspecified atom stereocenters. The first kappa shape index (κ1) is 7.84. The summed E-state index contributed by atoms with van der Waals surface area (Å²) in [5.74, 6) is 0. The minimum atomic E-state index is 0.839. The minimum Gasteiger partial charge on any atom is -0.150 e. The van der Waals surface area contributed by atoms with E-state index in [1.807, 2.05) is 23.6 Å². The number of rotatable bonds is 1. The number of hydrogen-bond donors (Lipinski definition) is 0. The monoisotopic (exact) mass is 194 g/mol. The molecule has 0 aliphatic carbocycles. The normalized spacial score (nSPS) is 10.1. The van der Waals surface area contributed by atoms with Gasteiger partial charge in [-0.05, 0) is 5.56 Å². The lowest BCUT2D eigenvalue weighted by molar-refractivity contribution is 1.68. The standard InChI is InChI=1S/C10H7ClS/c11-10-7-12-6-9(10)8-4-2-1-3-5-8/h1-7H. The van der Waals surface area contributed by atoms with Crippen LogP contribution in [0.5, 0.6) is 0 Å². The first-order valence-electron chi connectivity index (χ1n) is 3.65. The lowest BCUT2D eigenvalue weighted by Gasteiger charge is -1.96. The van der Waals surface area contributed by atoms with Gasteiger partial charge in [0.2, 0.25) is 0 Å². The van der Waals surface area contributed by atoms with E-state index in [1.54, 1.807) is 11.3 Å². The van der Waals surface area contributed by atoms with Gasteiger partial charge in [0.1, 0.15) is 0 Å². The largest absolute Gasteiger partial charge is 0.150 e. The summed E-state index contributed by atoms with van der Waals surface area (Å²) < 4.78 is 0. The molecular weight excluding hydrogens is 188 g/mol. The third-order valence-electron chi connectivity index (χ3n) is 1.70. The average molecular weight is 195 g/mol. The van der Waals surface area contributed by atoms with Crippen LogP contribution in [0.15, 0.2) is 41.1 Å². The molecule has 0 bridgehead atoms. The molecule has 1 aromatic heterocycles. The van der Waals surface area contributed by atoms with Crippen LogP contribution >= 0.6 is 22.9 Å². The van der Waals surface area contributed by atoms with Crippen LogP contribution < -0.4 is 0 Å². The van der Waals surface area contributed by atoms with Crippen molar-refractivity contribution < 1.29 is 0 Å². The maximum absolute atomic E-state index is 5.98. The highest BCUT2D eigenvalue weighted by Gasteiger charge is 2.01. The molecule has 1 heterocycles. The van der Waals surface area contributed by atoms with Gasteiger partial charge in [0, 0.05) is 16.3 Å². The Balaban J connectivity index is 2.51. The zero-order valence-electron chi connectivity index (χ0n) is 6.33. The van der Waals surface area contributed by atoms with E-state index in [0.717, 1.165) is 10.6 Å². The van der Waals surface area contributed by atoms with Crippen molar-refractivity contribution >= 4 is 22.9 Å². The SMILES string of the molecule is Clc1cscc1-c1ccccc1. The van der Waals surface area contributed by atoms with Gasteiger partial charge < -0.3 is 0 Å². The van der Waals surface area contributed by atoms with E-state index in [-0.39, 0.29) is 0 Å². The van der Waals surface area contributed by atoms with Gasteiger partial charge in [-0.1, -0.05) is 41.9 Å². The summed E-state index contributed by atoms with van der Waals surface area (Å²) in [6.45, 7) is 0. The zero-order chi connectivity index (χ0) is 8.39. The molecule has 12 heavy (non-hydrogen) atoms. The number of hydrogen-bond acceptors (Lipinski definition) is 1. The molecule has 2 rings (SSSR count). The van der Waals surface area contributed by atoms with E-state index in [4.69, 9.17) is 11.6 Å². The molecule has 0 nitrogen and oxygen atoms in total. The van der Waals surface area contributed by atoms with Crippen molar-refractivity contribution in [2.45, 2.75) is 0 Å². The molecule has 0 N–H and O–H groups in total. The molecule has 0 spiro atoms. The summed E-state index contributed by atoms with van der Waals surface area (Å²) >= 11 is 7.61. The van der Waals surface area contributed by atoms with Crippen LogP contribution in [0.25, 0.3) is 11.1 Å². The van der Waals surface area contributed by atoms with Crippen molar-refractivity contribution in [3.05, 3.63) is 46.1 Å². The Labute approximate surface area is 80.4 Å². The second-order valence-electron chi connectivity index (χ2n) is 2.50. The fraction of sp³-hybridized carbons (Fsp3) is 0. The lowest BCUT2D eigenvalue weighted by atomic mass is 10.1. The van der Waals surface area contributed by atoms with Crippen molar-refractivity contribution in [3.8, 4) is 11.1 Å². The highest BCUT2D eigenvalue weighted by atomic mass is 35.5. The van der Waals surface area contributed by atoms with E-state index in [9.17, 15) is 0 Å². The van der Waals surface area contributed by atoms with E-state index < -0.39 is 0 Å². The third-order valence-corrected chi connectivity index (χ3v) is 2.89. The van der Waals surface area contributed by atoms with Crippen molar-refractivity contribution in [2.75, 3.05) is 0 Å². The van der Waals surface area contributed by atoms with Crippen LogP contribution in [0.3, 0.4) is 0 Å². The van der Waals surface area contributed by atoms with Gasteiger partial charge >= 0.3 is 0 Å². The van der Waals surface area contributed by atoms with E-state index in [1.165, 1.54) is 5.56 Å². The summed E-state index contributed by atoms with van der Waals surface area (Å²) in [7, 11) is 0. The summed E-state index contributed by atoms with van der Waals surface area (Å²) in [6.07, 6.45) is 0. The summed E-state index contributed by atoms with van der Waals surface area (Å²) in [5, 5.41) is 4.85. The average Bonchev–Trinajstić information content (AvgIpc) is 2.53. The predicted octanol–water partition coefficient (Wildman–Crippen LogP) is 4.07. The van der Waals surface area contributed by atoms with Crippen LogP contribution in [0.1, 0.15) is 0 Å². The molecule has 0 amide bonds. The molecule has 0 aliphatic heterocycles. The van der Waals surface area contributed by atoms with Crippen LogP contribution in [0, 0.1) is 0 Å². The second kappa shape index (κ2) is 3.30. The second-order valence-corrected chi connectivity index (χ2v) is 3.65. The van der Waals surface area contributed by atoms with Crippen LogP contribution in [0.4, 0.5) is 0 Å². The van der Waals surface area contributed by atoms with Crippen molar-refractivity contribution in [1.82, 2.24) is 0 Å². The molecule has 60 valence electrons. The molecule has 0 fully saturated rings. The molecule has 2 aromatic rings.